The molecular weight excluding hydrogens is 268 g/mol. The van der Waals surface area contributed by atoms with Crippen LogP contribution in [-0.4, -0.2) is 26.3 Å². The molecule has 0 saturated carbocycles. The second-order valence-corrected chi connectivity index (χ2v) is 7.08. The minimum atomic E-state index is 0.611. The van der Waals surface area contributed by atoms with E-state index in [1.54, 1.807) is 0 Å². The molecule has 1 aromatic rings. The van der Waals surface area contributed by atoms with Gasteiger partial charge in [0.2, 0.25) is 0 Å². The molecule has 20 heavy (non-hydrogen) atoms. The van der Waals surface area contributed by atoms with Gasteiger partial charge in [-0.2, -0.15) is 0 Å². The van der Waals surface area contributed by atoms with Crippen molar-refractivity contribution in [2.45, 2.75) is 30.4 Å². The van der Waals surface area contributed by atoms with E-state index in [4.69, 9.17) is 4.74 Å². The fraction of sp³-hybridized carbons (Fsp3) is 0.625. The number of ether oxygens (including phenoxy) is 1. The molecule has 2 atom stereocenters. The van der Waals surface area contributed by atoms with Crippen LogP contribution in [0.5, 0.6) is 0 Å². The van der Waals surface area contributed by atoms with E-state index < -0.39 is 0 Å². The lowest BCUT2D eigenvalue weighted by Gasteiger charge is -2.27. The molecule has 0 bridgehead atoms. The van der Waals surface area contributed by atoms with Crippen LogP contribution in [0.25, 0.3) is 0 Å². The summed E-state index contributed by atoms with van der Waals surface area (Å²) in [5.41, 5.74) is 4.34. The highest BCUT2D eigenvalue weighted by atomic mass is 32.2. The SMILES string of the molecule is c1cc2c(cc1[C@H]1CCOC1)C(C1CCNCC1)SN2. The summed E-state index contributed by atoms with van der Waals surface area (Å²) in [6, 6.07) is 7.02. The Kier molecular flexibility index (Phi) is 3.63. The first-order valence-corrected chi connectivity index (χ1v) is 8.64. The van der Waals surface area contributed by atoms with Crippen molar-refractivity contribution in [2.24, 2.45) is 5.92 Å². The highest BCUT2D eigenvalue weighted by molar-refractivity contribution is 8.01. The number of hydrogen-bond acceptors (Lipinski definition) is 4. The second kappa shape index (κ2) is 5.58. The Morgan fingerprint density at radius 3 is 2.85 bits per heavy atom. The first kappa shape index (κ1) is 13.0. The summed E-state index contributed by atoms with van der Waals surface area (Å²) in [7, 11) is 0. The molecule has 0 spiro atoms. The Morgan fingerprint density at radius 1 is 1.15 bits per heavy atom. The van der Waals surface area contributed by atoms with E-state index in [9.17, 15) is 0 Å². The average Bonchev–Trinajstić information content (AvgIpc) is 3.17. The molecule has 2 saturated heterocycles. The van der Waals surface area contributed by atoms with Gasteiger partial charge in [-0.15, -0.1) is 0 Å². The van der Waals surface area contributed by atoms with Crippen LogP contribution in [0.3, 0.4) is 0 Å². The Balaban J connectivity index is 1.60. The second-order valence-electron chi connectivity index (χ2n) is 6.14. The summed E-state index contributed by atoms with van der Waals surface area (Å²) in [6.45, 7) is 4.17. The first-order chi connectivity index (χ1) is 9.92. The number of hydrogen-bond donors (Lipinski definition) is 2. The molecule has 4 heteroatoms. The van der Waals surface area contributed by atoms with Crippen LogP contribution in [0.15, 0.2) is 18.2 Å². The monoisotopic (exact) mass is 290 g/mol. The summed E-state index contributed by atoms with van der Waals surface area (Å²) < 4.78 is 9.08. The quantitative estimate of drug-likeness (QED) is 0.819. The fourth-order valence-corrected chi connectivity index (χ4v) is 4.87. The van der Waals surface area contributed by atoms with Gasteiger partial charge < -0.3 is 14.8 Å². The van der Waals surface area contributed by atoms with Crippen molar-refractivity contribution in [3.05, 3.63) is 29.3 Å². The largest absolute Gasteiger partial charge is 0.381 e. The molecule has 3 heterocycles. The zero-order valence-electron chi connectivity index (χ0n) is 11.7. The molecule has 0 amide bonds. The van der Waals surface area contributed by atoms with Gasteiger partial charge in [-0.1, -0.05) is 12.1 Å². The molecule has 1 aromatic carbocycles. The average molecular weight is 290 g/mol. The van der Waals surface area contributed by atoms with Crippen molar-refractivity contribution in [3.8, 4) is 0 Å². The van der Waals surface area contributed by atoms with Crippen LogP contribution in [0.2, 0.25) is 0 Å². The van der Waals surface area contributed by atoms with Gasteiger partial charge in [0.25, 0.3) is 0 Å². The van der Waals surface area contributed by atoms with Crippen molar-refractivity contribution in [1.29, 1.82) is 0 Å². The van der Waals surface area contributed by atoms with Gasteiger partial charge in [-0.25, -0.2) is 0 Å². The lowest BCUT2D eigenvalue weighted by Crippen LogP contribution is -2.29. The molecule has 4 rings (SSSR count). The van der Waals surface area contributed by atoms with E-state index in [0.717, 1.165) is 19.1 Å². The molecule has 0 aromatic heterocycles. The van der Waals surface area contributed by atoms with E-state index in [1.807, 2.05) is 11.9 Å². The molecule has 0 radical (unpaired) electrons. The van der Waals surface area contributed by atoms with Gasteiger partial charge in [0.05, 0.1) is 11.9 Å². The molecule has 3 aliphatic heterocycles. The van der Waals surface area contributed by atoms with E-state index in [1.165, 1.54) is 49.2 Å². The topological polar surface area (TPSA) is 33.3 Å². The number of fused-ring (bicyclic) bond motifs is 1. The molecule has 3 nitrogen and oxygen atoms in total. The Morgan fingerprint density at radius 2 is 2.05 bits per heavy atom. The van der Waals surface area contributed by atoms with E-state index >= 15 is 0 Å². The van der Waals surface area contributed by atoms with E-state index in [0.29, 0.717) is 11.2 Å². The highest BCUT2D eigenvalue weighted by Crippen LogP contribution is 2.49. The maximum atomic E-state index is 5.54. The number of benzene rings is 1. The van der Waals surface area contributed by atoms with Crippen LogP contribution in [0.1, 0.15) is 41.6 Å². The third kappa shape index (κ3) is 2.34. The molecule has 108 valence electrons. The van der Waals surface area contributed by atoms with Crippen molar-refractivity contribution >= 4 is 17.6 Å². The van der Waals surface area contributed by atoms with Crippen molar-refractivity contribution in [1.82, 2.24) is 5.32 Å². The van der Waals surface area contributed by atoms with Gasteiger partial charge in [-0.05, 0) is 67.4 Å². The fourth-order valence-electron chi connectivity index (χ4n) is 3.65. The molecule has 0 aliphatic carbocycles. The van der Waals surface area contributed by atoms with Crippen LogP contribution in [-0.2, 0) is 4.74 Å². The molecular formula is C16H22N2OS. The standard InChI is InChI=1S/C16H22N2OS/c1-2-15-14(9-12(1)13-5-8-19-10-13)16(20-18-15)11-3-6-17-7-4-11/h1-2,9,11,13,16-18H,3-8,10H2/t13-,16?/m0/s1. The number of piperidine rings is 1. The molecule has 3 aliphatic rings. The summed E-state index contributed by atoms with van der Waals surface area (Å²) in [6.07, 6.45) is 3.78. The van der Waals surface area contributed by atoms with Gasteiger partial charge in [0, 0.05) is 18.2 Å². The van der Waals surface area contributed by atoms with Gasteiger partial charge in [0.15, 0.2) is 0 Å². The Bertz CT molecular complexity index is 481. The number of nitrogens with one attached hydrogen (secondary N) is 2. The predicted molar refractivity (Wildman–Crippen MR) is 84.2 cm³/mol. The van der Waals surface area contributed by atoms with Crippen molar-refractivity contribution < 1.29 is 4.74 Å². The van der Waals surface area contributed by atoms with Gasteiger partial charge in [0.1, 0.15) is 0 Å². The smallest absolute Gasteiger partial charge is 0.0545 e. The third-order valence-corrected chi connectivity index (χ3v) is 6.12. The van der Waals surface area contributed by atoms with Crippen LogP contribution >= 0.6 is 11.9 Å². The maximum absolute atomic E-state index is 5.54. The summed E-state index contributed by atoms with van der Waals surface area (Å²) in [4.78, 5) is 0. The number of rotatable bonds is 2. The van der Waals surface area contributed by atoms with Gasteiger partial charge in [-0.3, -0.25) is 0 Å². The molecule has 1 unspecified atom stereocenters. The van der Waals surface area contributed by atoms with Crippen LogP contribution in [0, 0.1) is 5.92 Å². The van der Waals surface area contributed by atoms with Crippen LogP contribution in [0.4, 0.5) is 5.69 Å². The van der Waals surface area contributed by atoms with E-state index in [-0.39, 0.29) is 0 Å². The lowest BCUT2D eigenvalue weighted by molar-refractivity contribution is 0.194. The lowest BCUT2D eigenvalue weighted by atomic mass is 9.87. The predicted octanol–water partition coefficient (Wildman–Crippen LogP) is 3.30. The van der Waals surface area contributed by atoms with Gasteiger partial charge >= 0.3 is 0 Å². The zero-order chi connectivity index (χ0) is 13.4. The minimum Gasteiger partial charge on any atom is -0.381 e. The Labute approximate surface area is 125 Å². The highest BCUT2D eigenvalue weighted by Gasteiger charge is 2.32. The van der Waals surface area contributed by atoms with Crippen molar-refractivity contribution in [3.63, 3.8) is 0 Å². The third-order valence-electron chi connectivity index (χ3n) is 4.89. The summed E-state index contributed by atoms with van der Waals surface area (Å²) in [5, 5.41) is 4.11. The minimum absolute atomic E-state index is 0.611. The maximum Gasteiger partial charge on any atom is 0.0545 e. The van der Waals surface area contributed by atoms with Crippen LogP contribution < -0.4 is 10.0 Å². The zero-order valence-corrected chi connectivity index (χ0v) is 12.5. The Hall–Kier alpha value is -0.710. The summed E-state index contributed by atoms with van der Waals surface area (Å²) >= 11 is 1.92. The first-order valence-electron chi connectivity index (χ1n) is 7.76. The normalized spacial score (nSPS) is 30.2. The summed E-state index contributed by atoms with van der Waals surface area (Å²) in [5.74, 6) is 1.42. The molecule has 2 fully saturated rings. The number of anilines is 1. The van der Waals surface area contributed by atoms with Crippen molar-refractivity contribution in [2.75, 3.05) is 31.0 Å². The van der Waals surface area contributed by atoms with E-state index in [2.05, 4.69) is 28.2 Å². The molecule has 2 N–H and O–H groups in total.